The zero-order chi connectivity index (χ0) is 15.2. The highest BCUT2D eigenvalue weighted by molar-refractivity contribution is 9.10. The van der Waals surface area contributed by atoms with Crippen LogP contribution in [0.2, 0.25) is 0 Å². The van der Waals surface area contributed by atoms with Gasteiger partial charge in [-0.15, -0.1) is 0 Å². The van der Waals surface area contributed by atoms with Crippen LogP contribution in [0.15, 0.2) is 33.2 Å². The van der Waals surface area contributed by atoms with Crippen molar-refractivity contribution < 1.29 is 13.5 Å². The van der Waals surface area contributed by atoms with Gasteiger partial charge in [-0.1, -0.05) is 22.9 Å². The third-order valence-corrected chi connectivity index (χ3v) is 3.57. The third kappa shape index (κ3) is 4.58. The molecule has 2 rings (SSSR count). The van der Waals surface area contributed by atoms with Gasteiger partial charge in [-0.05, 0) is 44.2 Å². The summed E-state index contributed by atoms with van der Waals surface area (Å²) in [5.74, 6) is 1.39. The van der Waals surface area contributed by atoms with Crippen LogP contribution in [0.25, 0.3) is 0 Å². The van der Waals surface area contributed by atoms with E-state index in [1.165, 1.54) is 6.07 Å². The second-order valence-electron chi connectivity index (χ2n) is 4.83. The zero-order valence-corrected chi connectivity index (χ0v) is 13.8. The Hall–Kier alpha value is -1.33. The molecule has 0 radical (unpaired) electrons. The summed E-state index contributed by atoms with van der Waals surface area (Å²) in [6, 6.07) is 6.56. The van der Waals surface area contributed by atoms with Gasteiger partial charge in [0.05, 0.1) is 0 Å². The molecule has 0 saturated heterocycles. The molecule has 21 heavy (non-hydrogen) atoms. The van der Waals surface area contributed by atoms with E-state index >= 15 is 0 Å². The SMILES string of the molecule is CCCNCc1cc(COc2cc(Br)ccc2F)oc1C. The maximum Gasteiger partial charge on any atom is 0.165 e. The van der Waals surface area contributed by atoms with Crippen molar-refractivity contribution in [1.82, 2.24) is 5.32 Å². The number of hydrogen-bond donors (Lipinski definition) is 1. The summed E-state index contributed by atoms with van der Waals surface area (Å²) >= 11 is 3.30. The molecule has 0 atom stereocenters. The number of furan rings is 1. The number of hydrogen-bond acceptors (Lipinski definition) is 3. The number of aryl methyl sites for hydroxylation is 1. The fourth-order valence-electron chi connectivity index (χ4n) is 1.97. The van der Waals surface area contributed by atoms with Crippen LogP contribution < -0.4 is 10.1 Å². The van der Waals surface area contributed by atoms with Gasteiger partial charge < -0.3 is 14.5 Å². The minimum Gasteiger partial charge on any atom is -0.483 e. The Morgan fingerprint density at radius 2 is 2.14 bits per heavy atom. The first-order valence-electron chi connectivity index (χ1n) is 6.97. The standard InChI is InChI=1S/C16H19BrFNO2/c1-3-6-19-9-12-7-14(21-11(12)2)10-20-16-8-13(17)4-5-15(16)18/h4-5,7-8,19H,3,6,9-10H2,1-2H3. The molecule has 114 valence electrons. The van der Waals surface area contributed by atoms with Gasteiger partial charge in [0.25, 0.3) is 0 Å². The van der Waals surface area contributed by atoms with E-state index in [1.807, 2.05) is 13.0 Å². The molecule has 1 aromatic heterocycles. The first-order chi connectivity index (χ1) is 10.1. The summed E-state index contributed by atoms with van der Waals surface area (Å²) in [5, 5.41) is 3.33. The van der Waals surface area contributed by atoms with Gasteiger partial charge in [0, 0.05) is 16.6 Å². The van der Waals surface area contributed by atoms with Gasteiger partial charge in [-0.25, -0.2) is 4.39 Å². The maximum absolute atomic E-state index is 13.6. The van der Waals surface area contributed by atoms with E-state index in [0.717, 1.165) is 35.3 Å². The van der Waals surface area contributed by atoms with Crippen molar-refractivity contribution in [1.29, 1.82) is 0 Å². The molecule has 0 unspecified atom stereocenters. The van der Waals surface area contributed by atoms with Crippen molar-refractivity contribution in [2.45, 2.75) is 33.4 Å². The maximum atomic E-state index is 13.6. The fraction of sp³-hybridized carbons (Fsp3) is 0.375. The predicted octanol–water partition coefficient (Wildman–Crippen LogP) is 4.57. The van der Waals surface area contributed by atoms with Gasteiger partial charge in [-0.3, -0.25) is 0 Å². The summed E-state index contributed by atoms with van der Waals surface area (Å²) in [6.45, 7) is 6.00. The molecule has 0 saturated carbocycles. The van der Waals surface area contributed by atoms with Gasteiger partial charge in [-0.2, -0.15) is 0 Å². The summed E-state index contributed by atoms with van der Waals surface area (Å²) in [4.78, 5) is 0. The lowest BCUT2D eigenvalue weighted by Crippen LogP contribution is -2.13. The topological polar surface area (TPSA) is 34.4 Å². The van der Waals surface area contributed by atoms with E-state index in [1.54, 1.807) is 12.1 Å². The van der Waals surface area contributed by atoms with Crippen molar-refractivity contribution in [3.8, 4) is 5.75 Å². The molecule has 2 aromatic rings. The van der Waals surface area contributed by atoms with E-state index in [9.17, 15) is 4.39 Å². The zero-order valence-electron chi connectivity index (χ0n) is 12.2. The van der Waals surface area contributed by atoms with Crippen LogP contribution in [-0.2, 0) is 13.2 Å². The Labute approximate surface area is 132 Å². The van der Waals surface area contributed by atoms with Crippen molar-refractivity contribution >= 4 is 15.9 Å². The second-order valence-corrected chi connectivity index (χ2v) is 5.75. The number of ether oxygens (including phenoxy) is 1. The van der Waals surface area contributed by atoms with Gasteiger partial charge in [0.2, 0.25) is 0 Å². The lowest BCUT2D eigenvalue weighted by molar-refractivity contribution is 0.256. The molecular weight excluding hydrogens is 337 g/mol. The summed E-state index contributed by atoms with van der Waals surface area (Å²) in [7, 11) is 0. The van der Waals surface area contributed by atoms with E-state index < -0.39 is 0 Å². The third-order valence-electron chi connectivity index (χ3n) is 3.08. The Morgan fingerprint density at radius 1 is 1.33 bits per heavy atom. The van der Waals surface area contributed by atoms with E-state index in [2.05, 4.69) is 28.2 Å². The predicted molar refractivity (Wildman–Crippen MR) is 83.9 cm³/mol. The molecule has 0 fully saturated rings. The fourth-order valence-corrected chi connectivity index (χ4v) is 2.31. The van der Waals surface area contributed by atoms with Crippen molar-refractivity contribution in [2.24, 2.45) is 0 Å². The highest BCUT2D eigenvalue weighted by Gasteiger charge is 2.09. The van der Waals surface area contributed by atoms with E-state index in [-0.39, 0.29) is 18.2 Å². The van der Waals surface area contributed by atoms with Gasteiger partial charge in [0.15, 0.2) is 11.6 Å². The Bertz CT molecular complexity index is 598. The van der Waals surface area contributed by atoms with E-state index in [0.29, 0.717) is 5.76 Å². The van der Waals surface area contributed by atoms with Crippen LogP contribution in [0, 0.1) is 12.7 Å². The Kier molecular flexibility index (Phi) is 5.82. The first kappa shape index (κ1) is 16.0. The van der Waals surface area contributed by atoms with Crippen molar-refractivity contribution in [2.75, 3.05) is 6.54 Å². The number of benzene rings is 1. The molecule has 1 aromatic carbocycles. The lowest BCUT2D eigenvalue weighted by Gasteiger charge is -2.05. The molecule has 0 aliphatic carbocycles. The summed E-state index contributed by atoms with van der Waals surface area (Å²) < 4.78 is 25.5. The highest BCUT2D eigenvalue weighted by atomic mass is 79.9. The largest absolute Gasteiger partial charge is 0.483 e. The van der Waals surface area contributed by atoms with Gasteiger partial charge >= 0.3 is 0 Å². The molecule has 3 nitrogen and oxygen atoms in total. The monoisotopic (exact) mass is 355 g/mol. The Morgan fingerprint density at radius 3 is 2.90 bits per heavy atom. The molecule has 0 bridgehead atoms. The molecule has 0 aliphatic rings. The molecule has 0 aliphatic heterocycles. The van der Waals surface area contributed by atoms with Gasteiger partial charge in [0.1, 0.15) is 18.1 Å². The van der Waals surface area contributed by atoms with Crippen LogP contribution in [0.1, 0.15) is 30.4 Å². The van der Waals surface area contributed by atoms with E-state index in [4.69, 9.17) is 9.15 Å². The first-order valence-corrected chi connectivity index (χ1v) is 7.76. The number of halogens is 2. The average molecular weight is 356 g/mol. The summed E-state index contributed by atoms with van der Waals surface area (Å²) in [6.07, 6.45) is 1.09. The molecule has 1 N–H and O–H groups in total. The molecule has 1 heterocycles. The minimum absolute atomic E-state index is 0.210. The average Bonchev–Trinajstić information content (AvgIpc) is 2.81. The molecule has 5 heteroatoms. The second kappa shape index (κ2) is 7.61. The smallest absolute Gasteiger partial charge is 0.165 e. The lowest BCUT2D eigenvalue weighted by atomic mass is 10.2. The number of nitrogens with one attached hydrogen (secondary N) is 1. The van der Waals surface area contributed by atoms with Crippen LogP contribution in [0.5, 0.6) is 5.75 Å². The molecular formula is C16H19BrFNO2. The van der Waals surface area contributed by atoms with Crippen molar-refractivity contribution in [3.63, 3.8) is 0 Å². The number of rotatable bonds is 7. The van der Waals surface area contributed by atoms with Crippen LogP contribution in [-0.4, -0.2) is 6.54 Å². The highest BCUT2D eigenvalue weighted by Crippen LogP contribution is 2.24. The minimum atomic E-state index is -0.383. The van der Waals surface area contributed by atoms with Crippen LogP contribution >= 0.6 is 15.9 Å². The van der Waals surface area contributed by atoms with Crippen LogP contribution in [0.3, 0.4) is 0 Å². The quantitative estimate of drug-likeness (QED) is 0.738. The summed E-state index contributed by atoms with van der Waals surface area (Å²) in [5.41, 5.74) is 1.11. The molecule has 0 amide bonds. The Balaban J connectivity index is 1.97. The van der Waals surface area contributed by atoms with Crippen molar-refractivity contribution in [3.05, 3.63) is 51.6 Å². The molecule has 0 spiro atoms. The normalized spacial score (nSPS) is 10.9. The van der Waals surface area contributed by atoms with Crippen LogP contribution in [0.4, 0.5) is 4.39 Å².